The van der Waals surface area contributed by atoms with Crippen molar-refractivity contribution in [3.05, 3.63) is 78.3 Å². The van der Waals surface area contributed by atoms with E-state index < -0.39 is 0 Å². The molecular weight excluding hydrogens is 304 g/mol. The number of carbonyl (C=O) groups excluding carboxylic acids is 1. The van der Waals surface area contributed by atoms with Crippen LogP contribution in [0.4, 0.5) is 0 Å². The summed E-state index contributed by atoms with van der Waals surface area (Å²) in [5.74, 6) is -0.225. The average Bonchev–Trinajstić information content (AvgIpc) is 3.29. The van der Waals surface area contributed by atoms with Crippen LogP contribution in [0, 0.1) is 0 Å². The number of hydrogen-bond acceptors (Lipinski definition) is 4. The highest BCUT2D eigenvalue weighted by Crippen LogP contribution is 2.21. The summed E-state index contributed by atoms with van der Waals surface area (Å²) in [6.07, 6.45) is 4.97. The van der Waals surface area contributed by atoms with E-state index in [1.54, 1.807) is 10.7 Å². The predicted octanol–water partition coefficient (Wildman–Crippen LogP) is 2.92. The second kappa shape index (κ2) is 6.00. The fourth-order valence-corrected chi connectivity index (χ4v) is 2.64. The lowest BCUT2D eigenvalue weighted by Crippen LogP contribution is -2.23. The van der Waals surface area contributed by atoms with Gasteiger partial charge in [0.1, 0.15) is 17.5 Å². The first-order chi connectivity index (χ1) is 11.8. The van der Waals surface area contributed by atoms with Crippen molar-refractivity contribution in [1.29, 1.82) is 0 Å². The van der Waals surface area contributed by atoms with Crippen molar-refractivity contribution in [3.63, 3.8) is 0 Å². The number of benzene rings is 1. The van der Waals surface area contributed by atoms with E-state index >= 15 is 0 Å². The van der Waals surface area contributed by atoms with Crippen LogP contribution in [-0.4, -0.2) is 20.7 Å². The Morgan fingerprint density at radius 1 is 1.12 bits per heavy atom. The molecule has 3 aromatic heterocycles. The van der Waals surface area contributed by atoms with Crippen molar-refractivity contribution in [3.8, 4) is 11.3 Å². The number of aromatic nitrogens is 3. The second-order valence-electron chi connectivity index (χ2n) is 5.32. The standard InChI is InChI=1S/C18H14N4O2/c23-18(15-12-24-21-17(15)13-5-2-1-3-6-13)19-11-14-7-4-10-22-16(14)8-9-20-22/h1-10,12H,11H2,(H,19,23). The van der Waals surface area contributed by atoms with E-state index in [9.17, 15) is 4.79 Å². The Hall–Kier alpha value is -3.41. The topological polar surface area (TPSA) is 72.4 Å². The summed E-state index contributed by atoms with van der Waals surface area (Å²) >= 11 is 0. The maximum Gasteiger partial charge on any atom is 0.257 e. The van der Waals surface area contributed by atoms with Crippen molar-refractivity contribution in [1.82, 2.24) is 20.1 Å². The first-order valence-corrected chi connectivity index (χ1v) is 7.52. The lowest BCUT2D eigenvalue weighted by atomic mass is 10.1. The third kappa shape index (κ3) is 2.54. The Morgan fingerprint density at radius 2 is 2.00 bits per heavy atom. The molecule has 1 amide bonds. The average molecular weight is 318 g/mol. The molecule has 0 radical (unpaired) electrons. The zero-order chi connectivity index (χ0) is 16.4. The quantitative estimate of drug-likeness (QED) is 0.628. The van der Waals surface area contributed by atoms with Gasteiger partial charge in [0.05, 0.1) is 5.52 Å². The van der Waals surface area contributed by atoms with Crippen LogP contribution < -0.4 is 5.32 Å². The fourth-order valence-electron chi connectivity index (χ4n) is 2.64. The molecule has 0 saturated carbocycles. The highest BCUT2D eigenvalue weighted by atomic mass is 16.5. The largest absolute Gasteiger partial charge is 0.363 e. The predicted molar refractivity (Wildman–Crippen MR) is 88.3 cm³/mol. The molecule has 0 fully saturated rings. The summed E-state index contributed by atoms with van der Waals surface area (Å²) in [6, 6.07) is 15.3. The van der Waals surface area contributed by atoms with E-state index in [1.807, 2.05) is 54.7 Å². The van der Waals surface area contributed by atoms with Gasteiger partial charge >= 0.3 is 0 Å². The summed E-state index contributed by atoms with van der Waals surface area (Å²) in [4.78, 5) is 12.5. The van der Waals surface area contributed by atoms with Crippen molar-refractivity contribution in [2.45, 2.75) is 6.54 Å². The van der Waals surface area contributed by atoms with E-state index in [4.69, 9.17) is 4.52 Å². The van der Waals surface area contributed by atoms with Crippen LogP contribution in [0.2, 0.25) is 0 Å². The molecule has 0 saturated heterocycles. The van der Waals surface area contributed by atoms with Crippen LogP contribution in [0.5, 0.6) is 0 Å². The Labute approximate surface area is 137 Å². The fraction of sp³-hybridized carbons (Fsp3) is 0.0556. The van der Waals surface area contributed by atoms with Crippen LogP contribution in [0.15, 0.2) is 71.7 Å². The Bertz CT molecular complexity index is 988. The van der Waals surface area contributed by atoms with Crippen LogP contribution in [0.1, 0.15) is 15.9 Å². The molecule has 1 N–H and O–H groups in total. The molecule has 6 heteroatoms. The molecule has 4 rings (SSSR count). The summed E-state index contributed by atoms with van der Waals surface area (Å²) in [5, 5.41) is 11.1. The molecule has 6 nitrogen and oxygen atoms in total. The van der Waals surface area contributed by atoms with Crippen LogP contribution in [-0.2, 0) is 6.54 Å². The minimum atomic E-state index is -0.225. The summed E-state index contributed by atoms with van der Waals surface area (Å²) in [7, 11) is 0. The number of nitrogens with one attached hydrogen (secondary N) is 1. The monoisotopic (exact) mass is 318 g/mol. The second-order valence-corrected chi connectivity index (χ2v) is 5.32. The zero-order valence-electron chi connectivity index (χ0n) is 12.7. The smallest absolute Gasteiger partial charge is 0.257 e. The Kier molecular flexibility index (Phi) is 3.55. The highest BCUT2D eigenvalue weighted by Gasteiger charge is 2.17. The first kappa shape index (κ1) is 14.2. The summed E-state index contributed by atoms with van der Waals surface area (Å²) in [5.41, 5.74) is 3.75. The van der Waals surface area contributed by atoms with Crippen LogP contribution in [0.3, 0.4) is 0 Å². The molecule has 3 heterocycles. The zero-order valence-corrected chi connectivity index (χ0v) is 12.7. The molecule has 118 valence electrons. The van der Waals surface area contributed by atoms with E-state index in [1.165, 1.54) is 6.26 Å². The maximum atomic E-state index is 12.5. The number of amides is 1. The number of hydrogen-bond donors (Lipinski definition) is 1. The SMILES string of the molecule is O=C(NCc1cccn2nccc12)c1conc1-c1ccccc1. The molecular formula is C18H14N4O2. The molecule has 24 heavy (non-hydrogen) atoms. The van der Waals surface area contributed by atoms with Gasteiger partial charge in [0.2, 0.25) is 0 Å². The van der Waals surface area contributed by atoms with Gasteiger partial charge < -0.3 is 9.84 Å². The van der Waals surface area contributed by atoms with Gasteiger partial charge in [-0.3, -0.25) is 4.79 Å². The molecule has 0 aliphatic carbocycles. The molecule has 0 atom stereocenters. The third-order valence-electron chi connectivity index (χ3n) is 3.82. The molecule has 4 aromatic rings. The van der Waals surface area contributed by atoms with E-state index in [2.05, 4.69) is 15.6 Å². The van der Waals surface area contributed by atoms with E-state index in [0.717, 1.165) is 16.6 Å². The minimum absolute atomic E-state index is 0.225. The van der Waals surface area contributed by atoms with Gasteiger partial charge in [0, 0.05) is 24.5 Å². The van der Waals surface area contributed by atoms with Gasteiger partial charge in [0.15, 0.2) is 0 Å². The molecule has 0 aliphatic rings. The highest BCUT2D eigenvalue weighted by molar-refractivity contribution is 5.99. The maximum absolute atomic E-state index is 12.5. The van der Waals surface area contributed by atoms with E-state index in [0.29, 0.717) is 17.8 Å². The van der Waals surface area contributed by atoms with Gasteiger partial charge in [-0.15, -0.1) is 0 Å². The number of rotatable bonds is 4. The Morgan fingerprint density at radius 3 is 2.88 bits per heavy atom. The van der Waals surface area contributed by atoms with Crippen molar-refractivity contribution < 1.29 is 9.32 Å². The molecule has 0 spiro atoms. The van der Waals surface area contributed by atoms with Gasteiger partial charge in [-0.25, -0.2) is 4.52 Å². The van der Waals surface area contributed by atoms with Gasteiger partial charge in [-0.1, -0.05) is 41.6 Å². The minimum Gasteiger partial charge on any atom is -0.363 e. The van der Waals surface area contributed by atoms with E-state index in [-0.39, 0.29) is 5.91 Å². The van der Waals surface area contributed by atoms with Crippen molar-refractivity contribution in [2.75, 3.05) is 0 Å². The van der Waals surface area contributed by atoms with Crippen LogP contribution >= 0.6 is 0 Å². The molecule has 0 bridgehead atoms. The molecule has 0 aliphatic heterocycles. The lowest BCUT2D eigenvalue weighted by Gasteiger charge is -2.06. The number of fused-ring (bicyclic) bond motifs is 1. The Balaban J connectivity index is 1.56. The summed E-state index contributed by atoms with van der Waals surface area (Å²) < 4.78 is 6.78. The van der Waals surface area contributed by atoms with Gasteiger partial charge in [-0.2, -0.15) is 5.10 Å². The number of pyridine rings is 1. The number of nitrogens with zero attached hydrogens (tertiary/aromatic N) is 3. The van der Waals surface area contributed by atoms with Crippen molar-refractivity contribution in [2.24, 2.45) is 0 Å². The normalized spacial score (nSPS) is 10.8. The lowest BCUT2D eigenvalue weighted by molar-refractivity contribution is 0.0951. The van der Waals surface area contributed by atoms with Crippen LogP contribution in [0.25, 0.3) is 16.8 Å². The third-order valence-corrected chi connectivity index (χ3v) is 3.82. The number of carbonyl (C=O) groups is 1. The van der Waals surface area contributed by atoms with Gasteiger partial charge in [-0.05, 0) is 17.7 Å². The van der Waals surface area contributed by atoms with Gasteiger partial charge in [0.25, 0.3) is 5.91 Å². The molecule has 0 unspecified atom stereocenters. The molecule has 1 aromatic carbocycles. The summed E-state index contributed by atoms with van der Waals surface area (Å²) in [6.45, 7) is 0.397. The van der Waals surface area contributed by atoms with Crippen molar-refractivity contribution >= 4 is 11.4 Å². The first-order valence-electron chi connectivity index (χ1n) is 7.52.